The fraction of sp³-hybridized carbons (Fsp3) is 0.455. The Bertz CT molecular complexity index is 993. The summed E-state index contributed by atoms with van der Waals surface area (Å²) in [5.74, 6) is -0.127. The summed E-state index contributed by atoms with van der Waals surface area (Å²) in [6.07, 6.45) is 1.79. The molecule has 0 radical (unpaired) electrons. The zero-order valence-corrected chi connectivity index (χ0v) is 18.9. The van der Waals surface area contributed by atoms with Crippen molar-refractivity contribution >= 4 is 15.9 Å². The van der Waals surface area contributed by atoms with Gasteiger partial charge in [0.15, 0.2) is 0 Å². The van der Waals surface area contributed by atoms with Gasteiger partial charge in [-0.25, -0.2) is 13.1 Å². The lowest BCUT2D eigenvalue weighted by Crippen LogP contribution is -2.48. The van der Waals surface area contributed by atoms with E-state index in [1.165, 1.54) is 6.07 Å². The SMILES string of the molecule is Cc1ccc(S(=O)(=O)NC(C)(C)C)cc1C(=O)N1CCN(Cc2ccccn2)CC1. The van der Waals surface area contributed by atoms with Crippen LogP contribution in [0.25, 0.3) is 0 Å². The maximum Gasteiger partial charge on any atom is 0.254 e. The van der Waals surface area contributed by atoms with Crippen molar-refractivity contribution in [3.05, 3.63) is 59.4 Å². The third-order valence-corrected chi connectivity index (χ3v) is 6.72. The Morgan fingerprint density at radius 3 is 2.40 bits per heavy atom. The summed E-state index contributed by atoms with van der Waals surface area (Å²) >= 11 is 0. The number of amides is 1. The summed E-state index contributed by atoms with van der Waals surface area (Å²) in [6.45, 7) is 10.7. The molecule has 1 fully saturated rings. The minimum Gasteiger partial charge on any atom is -0.336 e. The van der Waals surface area contributed by atoms with Crippen molar-refractivity contribution < 1.29 is 13.2 Å². The number of hydrogen-bond acceptors (Lipinski definition) is 5. The second-order valence-corrected chi connectivity index (χ2v) is 10.4. The summed E-state index contributed by atoms with van der Waals surface area (Å²) in [7, 11) is -3.70. The zero-order chi connectivity index (χ0) is 21.9. The lowest BCUT2D eigenvalue weighted by atomic mass is 10.1. The fourth-order valence-corrected chi connectivity index (χ4v) is 4.91. The smallest absolute Gasteiger partial charge is 0.254 e. The Balaban J connectivity index is 1.70. The Kier molecular flexibility index (Phi) is 6.59. The molecule has 1 saturated heterocycles. The molecule has 0 atom stereocenters. The van der Waals surface area contributed by atoms with Crippen LogP contribution in [0.1, 0.15) is 42.4 Å². The van der Waals surface area contributed by atoms with Crippen LogP contribution in [0, 0.1) is 6.92 Å². The van der Waals surface area contributed by atoms with Gasteiger partial charge in [-0.05, 0) is 57.5 Å². The van der Waals surface area contributed by atoms with Gasteiger partial charge >= 0.3 is 0 Å². The molecule has 0 bridgehead atoms. The van der Waals surface area contributed by atoms with Gasteiger partial charge in [0.25, 0.3) is 5.91 Å². The third kappa shape index (κ3) is 5.65. The number of aromatic nitrogens is 1. The minimum atomic E-state index is -3.70. The third-order valence-electron chi connectivity index (χ3n) is 4.96. The van der Waals surface area contributed by atoms with Crippen LogP contribution >= 0.6 is 0 Å². The molecule has 0 spiro atoms. The van der Waals surface area contributed by atoms with Crippen LogP contribution in [0.3, 0.4) is 0 Å². The van der Waals surface area contributed by atoms with Crippen LogP contribution in [0.5, 0.6) is 0 Å². The maximum atomic E-state index is 13.1. The highest BCUT2D eigenvalue weighted by molar-refractivity contribution is 7.89. The van der Waals surface area contributed by atoms with Gasteiger partial charge in [0.1, 0.15) is 0 Å². The van der Waals surface area contributed by atoms with Gasteiger partial charge in [-0.1, -0.05) is 12.1 Å². The normalized spacial score (nSPS) is 15.9. The van der Waals surface area contributed by atoms with Crippen LogP contribution < -0.4 is 4.72 Å². The largest absolute Gasteiger partial charge is 0.336 e. The fourth-order valence-electron chi connectivity index (χ4n) is 3.46. The molecule has 1 N–H and O–H groups in total. The average molecular weight is 431 g/mol. The Hall–Kier alpha value is -2.29. The van der Waals surface area contributed by atoms with E-state index in [-0.39, 0.29) is 10.8 Å². The number of piperazine rings is 1. The molecular weight excluding hydrogens is 400 g/mol. The molecule has 30 heavy (non-hydrogen) atoms. The summed E-state index contributed by atoms with van der Waals surface area (Å²) in [6, 6.07) is 10.6. The second-order valence-electron chi connectivity index (χ2n) is 8.72. The number of aryl methyl sites for hydroxylation is 1. The molecule has 2 heterocycles. The van der Waals surface area contributed by atoms with Crippen molar-refractivity contribution in [2.75, 3.05) is 26.2 Å². The lowest BCUT2D eigenvalue weighted by molar-refractivity contribution is 0.0626. The monoisotopic (exact) mass is 430 g/mol. The zero-order valence-electron chi connectivity index (χ0n) is 18.1. The van der Waals surface area contributed by atoms with E-state index < -0.39 is 15.6 Å². The molecule has 1 amide bonds. The van der Waals surface area contributed by atoms with Crippen LogP contribution in [0.4, 0.5) is 0 Å². The number of nitrogens with zero attached hydrogens (tertiary/aromatic N) is 3. The van der Waals surface area contributed by atoms with Crippen LogP contribution in [-0.2, 0) is 16.6 Å². The first kappa shape index (κ1) is 22.4. The van der Waals surface area contributed by atoms with Gasteiger partial charge in [0.2, 0.25) is 10.0 Å². The topological polar surface area (TPSA) is 82.6 Å². The van der Waals surface area contributed by atoms with Crippen molar-refractivity contribution in [3.8, 4) is 0 Å². The molecule has 1 aliphatic rings. The molecule has 7 nitrogen and oxygen atoms in total. The molecule has 162 valence electrons. The first-order valence-electron chi connectivity index (χ1n) is 10.1. The maximum absolute atomic E-state index is 13.1. The highest BCUT2D eigenvalue weighted by Crippen LogP contribution is 2.20. The molecule has 0 saturated carbocycles. The van der Waals surface area contributed by atoms with Gasteiger partial charge in [-0.3, -0.25) is 14.7 Å². The molecule has 1 aliphatic heterocycles. The van der Waals surface area contributed by atoms with Gasteiger partial charge in [0.05, 0.1) is 10.6 Å². The number of benzene rings is 1. The highest BCUT2D eigenvalue weighted by atomic mass is 32.2. The van der Waals surface area contributed by atoms with E-state index in [0.29, 0.717) is 18.7 Å². The minimum absolute atomic E-state index is 0.111. The van der Waals surface area contributed by atoms with Crippen molar-refractivity contribution in [2.45, 2.75) is 44.7 Å². The van der Waals surface area contributed by atoms with Gasteiger partial charge in [-0.2, -0.15) is 0 Å². The standard InChI is InChI=1S/C22H30N4O3S/c1-17-8-9-19(30(28,29)24-22(2,3)4)15-20(17)21(27)26-13-11-25(12-14-26)16-18-7-5-6-10-23-18/h5-10,15,24H,11-14,16H2,1-4H3. The molecule has 3 rings (SSSR count). The summed E-state index contributed by atoms with van der Waals surface area (Å²) in [4.78, 5) is 21.7. The van der Waals surface area contributed by atoms with E-state index in [1.807, 2.05) is 25.1 Å². The van der Waals surface area contributed by atoms with Crippen LogP contribution in [0.2, 0.25) is 0 Å². The molecule has 1 aromatic heterocycles. The van der Waals surface area contributed by atoms with E-state index in [2.05, 4.69) is 14.6 Å². The number of nitrogens with one attached hydrogen (secondary N) is 1. The van der Waals surface area contributed by atoms with E-state index in [1.54, 1.807) is 44.0 Å². The number of rotatable bonds is 5. The molecule has 0 aliphatic carbocycles. The molecule has 0 unspecified atom stereocenters. The molecule has 8 heteroatoms. The lowest BCUT2D eigenvalue weighted by Gasteiger charge is -2.34. The Morgan fingerprint density at radius 1 is 1.10 bits per heavy atom. The number of hydrogen-bond donors (Lipinski definition) is 1. The van der Waals surface area contributed by atoms with Crippen molar-refractivity contribution in [1.29, 1.82) is 0 Å². The van der Waals surface area contributed by atoms with Gasteiger partial charge in [0, 0.05) is 50.0 Å². The second kappa shape index (κ2) is 8.83. The number of carbonyl (C=O) groups is 1. The van der Waals surface area contributed by atoms with E-state index in [4.69, 9.17) is 0 Å². The van der Waals surface area contributed by atoms with Crippen molar-refractivity contribution in [2.24, 2.45) is 0 Å². The van der Waals surface area contributed by atoms with Crippen LogP contribution in [-0.4, -0.2) is 60.8 Å². The summed E-state index contributed by atoms with van der Waals surface area (Å²) < 4.78 is 28.0. The number of pyridine rings is 1. The van der Waals surface area contributed by atoms with Crippen molar-refractivity contribution in [3.63, 3.8) is 0 Å². The predicted octanol–water partition coefficient (Wildman–Crippen LogP) is 2.42. The average Bonchev–Trinajstić information content (AvgIpc) is 2.67. The van der Waals surface area contributed by atoms with E-state index in [0.717, 1.165) is 30.9 Å². The van der Waals surface area contributed by atoms with E-state index >= 15 is 0 Å². The molecular formula is C22H30N4O3S. The predicted molar refractivity (Wildman–Crippen MR) is 117 cm³/mol. The number of sulfonamides is 1. The summed E-state index contributed by atoms with van der Waals surface area (Å²) in [5.41, 5.74) is 1.62. The highest BCUT2D eigenvalue weighted by Gasteiger charge is 2.26. The molecule has 1 aromatic carbocycles. The first-order chi connectivity index (χ1) is 14.0. The Labute approximate surface area is 179 Å². The first-order valence-corrected chi connectivity index (χ1v) is 11.6. The van der Waals surface area contributed by atoms with Gasteiger partial charge in [-0.15, -0.1) is 0 Å². The van der Waals surface area contributed by atoms with Crippen molar-refractivity contribution in [1.82, 2.24) is 19.5 Å². The van der Waals surface area contributed by atoms with Crippen LogP contribution in [0.15, 0.2) is 47.5 Å². The van der Waals surface area contributed by atoms with E-state index in [9.17, 15) is 13.2 Å². The quantitative estimate of drug-likeness (QED) is 0.788. The Morgan fingerprint density at radius 2 is 1.80 bits per heavy atom. The number of carbonyl (C=O) groups excluding carboxylic acids is 1. The summed E-state index contributed by atoms with van der Waals surface area (Å²) in [5, 5.41) is 0. The van der Waals surface area contributed by atoms with Gasteiger partial charge < -0.3 is 4.90 Å². The molecule has 2 aromatic rings.